The van der Waals surface area contributed by atoms with E-state index in [9.17, 15) is 21.6 Å². The van der Waals surface area contributed by atoms with Crippen molar-refractivity contribution in [2.75, 3.05) is 42.8 Å². The van der Waals surface area contributed by atoms with Gasteiger partial charge >= 0.3 is 0 Å². The van der Waals surface area contributed by atoms with Gasteiger partial charge in [-0.1, -0.05) is 0 Å². The number of anilines is 2. The van der Waals surface area contributed by atoms with Gasteiger partial charge in [0.1, 0.15) is 22.3 Å². The number of piperazine rings is 1. The third-order valence-electron chi connectivity index (χ3n) is 5.04. The number of nitrogens with zero attached hydrogens (tertiary/aromatic N) is 3. The van der Waals surface area contributed by atoms with E-state index in [0.717, 1.165) is 31.3 Å². The van der Waals surface area contributed by atoms with Gasteiger partial charge < -0.3 is 9.80 Å². The molecule has 1 fully saturated rings. The minimum absolute atomic E-state index is 0.0110. The van der Waals surface area contributed by atoms with Crippen LogP contribution in [0.3, 0.4) is 0 Å². The van der Waals surface area contributed by atoms with Crippen molar-refractivity contribution in [1.29, 1.82) is 0 Å². The van der Waals surface area contributed by atoms with Crippen molar-refractivity contribution >= 4 is 32.2 Å². The molecule has 4 rings (SSSR count). The highest BCUT2D eigenvalue weighted by Gasteiger charge is 2.25. The van der Waals surface area contributed by atoms with E-state index in [4.69, 9.17) is 0 Å². The van der Waals surface area contributed by atoms with Crippen LogP contribution in [0.2, 0.25) is 0 Å². The zero-order valence-electron chi connectivity index (χ0n) is 16.8. The lowest BCUT2D eigenvalue weighted by Crippen LogP contribution is -2.44. The van der Waals surface area contributed by atoms with Gasteiger partial charge in [0.25, 0.3) is 10.0 Å². The van der Waals surface area contributed by atoms with Crippen LogP contribution in [0.4, 0.5) is 28.4 Å². The molecule has 1 aliphatic heterocycles. The number of hydrogen-bond acceptors (Lipinski definition) is 6. The van der Waals surface area contributed by atoms with Crippen LogP contribution in [-0.4, -0.2) is 51.5 Å². The maximum atomic E-state index is 15.2. The van der Waals surface area contributed by atoms with Crippen molar-refractivity contribution in [1.82, 2.24) is 9.88 Å². The van der Waals surface area contributed by atoms with Gasteiger partial charge in [-0.15, -0.1) is 11.3 Å². The molecule has 2 heterocycles. The molecule has 0 saturated carbocycles. The highest BCUT2D eigenvalue weighted by Crippen LogP contribution is 2.35. The molecule has 1 saturated heterocycles. The Kier molecular flexibility index (Phi) is 6.10. The standard InChI is InChI=1S/C20H18F4N4O2S2/c1-27-6-8-28(9-7-27)20-25-16(11-31-20)18-14(23)4-5-15(19(18)24)26-32(29,30)17-10-12(21)2-3-13(17)22/h2-5,10-11,26H,6-9H2,1H3. The summed E-state index contributed by atoms with van der Waals surface area (Å²) >= 11 is 1.22. The Morgan fingerprint density at radius 2 is 1.69 bits per heavy atom. The van der Waals surface area contributed by atoms with Gasteiger partial charge in [0.15, 0.2) is 10.9 Å². The van der Waals surface area contributed by atoms with E-state index < -0.39 is 49.4 Å². The van der Waals surface area contributed by atoms with Crippen molar-refractivity contribution in [3.63, 3.8) is 0 Å². The molecule has 0 bridgehead atoms. The first-order chi connectivity index (χ1) is 15.2. The largest absolute Gasteiger partial charge is 0.346 e. The molecular formula is C20H18F4N4O2S2. The van der Waals surface area contributed by atoms with E-state index in [1.165, 1.54) is 16.7 Å². The Balaban J connectivity index is 1.66. The number of halogens is 4. The Morgan fingerprint density at radius 3 is 2.41 bits per heavy atom. The van der Waals surface area contributed by atoms with E-state index in [2.05, 4.69) is 9.88 Å². The molecule has 0 aliphatic carbocycles. The molecular weight excluding hydrogens is 468 g/mol. The fourth-order valence-corrected chi connectivity index (χ4v) is 5.29. The van der Waals surface area contributed by atoms with Crippen molar-refractivity contribution in [2.24, 2.45) is 0 Å². The SMILES string of the molecule is CN1CCN(c2nc(-c3c(F)ccc(NS(=O)(=O)c4cc(F)ccc4F)c3F)cs2)CC1. The highest BCUT2D eigenvalue weighted by atomic mass is 32.2. The summed E-state index contributed by atoms with van der Waals surface area (Å²) < 4.78 is 83.9. The number of nitrogens with one attached hydrogen (secondary N) is 1. The summed E-state index contributed by atoms with van der Waals surface area (Å²) in [6, 6.07) is 3.63. The van der Waals surface area contributed by atoms with Crippen LogP contribution in [0.5, 0.6) is 0 Å². The minimum Gasteiger partial charge on any atom is -0.346 e. The van der Waals surface area contributed by atoms with E-state index in [0.29, 0.717) is 30.4 Å². The van der Waals surface area contributed by atoms with E-state index >= 15 is 4.39 Å². The fourth-order valence-electron chi connectivity index (χ4n) is 3.27. The van der Waals surface area contributed by atoms with E-state index in [-0.39, 0.29) is 5.69 Å². The second kappa shape index (κ2) is 8.68. The van der Waals surface area contributed by atoms with Gasteiger partial charge in [-0.2, -0.15) is 0 Å². The third kappa shape index (κ3) is 4.43. The average Bonchev–Trinajstić information content (AvgIpc) is 3.22. The molecule has 0 amide bonds. The van der Waals surface area contributed by atoms with Gasteiger partial charge in [-0.25, -0.2) is 31.0 Å². The van der Waals surface area contributed by atoms with Gasteiger partial charge in [-0.3, -0.25) is 4.72 Å². The second-order valence-electron chi connectivity index (χ2n) is 7.27. The van der Waals surface area contributed by atoms with Gasteiger partial charge in [-0.05, 0) is 37.4 Å². The van der Waals surface area contributed by atoms with Gasteiger partial charge in [0, 0.05) is 31.6 Å². The molecule has 1 aromatic heterocycles. The predicted octanol–water partition coefficient (Wildman–Crippen LogP) is 3.92. The highest BCUT2D eigenvalue weighted by molar-refractivity contribution is 7.92. The summed E-state index contributed by atoms with van der Waals surface area (Å²) in [4.78, 5) is 7.50. The molecule has 6 nitrogen and oxygen atoms in total. The molecule has 170 valence electrons. The summed E-state index contributed by atoms with van der Waals surface area (Å²) in [7, 11) is -2.68. The summed E-state index contributed by atoms with van der Waals surface area (Å²) in [6.07, 6.45) is 0. The quantitative estimate of drug-likeness (QED) is 0.554. The zero-order valence-corrected chi connectivity index (χ0v) is 18.4. The number of rotatable bonds is 5. The topological polar surface area (TPSA) is 65.5 Å². The molecule has 0 spiro atoms. The third-order valence-corrected chi connectivity index (χ3v) is 7.32. The lowest BCUT2D eigenvalue weighted by Gasteiger charge is -2.32. The van der Waals surface area contributed by atoms with Crippen LogP contribution in [0.15, 0.2) is 40.6 Å². The summed E-state index contributed by atoms with van der Waals surface area (Å²) in [5, 5.41) is 2.08. The average molecular weight is 487 g/mol. The molecule has 1 N–H and O–H groups in total. The summed E-state index contributed by atoms with van der Waals surface area (Å²) in [6.45, 7) is 3.08. The van der Waals surface area contributed by atoms with Gasteiger partial charge in [0.05, 0.1) is 16.9 Å². The number of aromatic nitrogens is 1. The molecule has 32 heavy (non-hydrogen) atoms. The Hall–Kier alpha value is -2.70. The maximum Gasteiger partial charge on any atom is 0.265 e. The molecule has 0 atom stereocenters. The molecule has 2 aromatic carbocycles. The molecule has 1 aliphatic rings. The lowest BCUT2D eigenvalue weighted by molar-refractivity contribution is 0.313. The first kappa shape index (κ1) is 22.5. The first-order valence-corrected chi connectivity index (χ1v) is 11.9. The summed E-state index contributed by atoms with van der Waals surface area (Å²) in [5.41, 5.74) is -1.11. The van der Waals surface area contributed by atoms with Crippen molar-refractivity contribution in [2.45, 2.75) is 4.90 Å². The van der Waals surface area contributed by atoms with Crippen LogP contribution >= 0.6 is 11.3 Å². The normalized spacial score (nSPS) is 15.2. The number of benzene rings is 2. The van der Waals surface area contributed by atoms with Crippen molar-refractivity contribution < 1.29 is 26.0 Å². The van der Waals surface area contributed by atoms with Crippen LogP contribution in [-0.2, 0) is 10.0 Å². The van der Waals surface area contributed by atoms with Crippen LogP contribution in [0.25, 0.3) is 11.3 Å². The molecule has 0 radical (unpaired) electrons. The molecule has 12 heteroatoms. The zero-order chi connectivity index (χ0) is 23.0. The Morgan fingerprint density at radius 1 is 1.00 bits per heavy atom. The Labute approximate surface area is 186 Å². The van der Waals surface area contributed by atoms with Crippen LogP contribution in [0, 0.1) is 23.3 Å². The van der Waals surface area contributed by atoms with Crippen LogP contribution in [0.1, 0.15) is 0 Å². The maximum absolute atomic E-state index is 15.2. The van der Waals surface area contributed by atoms with E-state index in [1.807, 2.05) is 16.7 Å². The Bertz CT molecular complexity index is 1260. The monoisotopic (exact) mass is 486 g/mol. The second-order valence-corrected chi connectivity index (χ2v) is 9.76. The minimum atomic E-state index is -4.68. The van der Waals surface area contributed by atoms with Crippen molar-refractivity contribution in [3.8, 4) is 11.3 Å². The van der Waals surface area contributed by atoms with Gasteiger partial charge in [0.2, 0.25) is 0 Å². The predicted molar refractivity (Wildman–Crippen MR) is 114 cm³/mol. The fraction of sp³-hybridized carbons (Fsp3) is 0.250. The van der Waals surface area contributed by atoms with E-state index in [1.54, 1.807) is 0 Å². The first-order valence-electron chi connectivity index (χ1n) is 9.51. The summed E-state index contributed by atoms with van der Waals surface area (Å²) in [5.74, 6) is -4.33. The number of thiazole rings is 1. The number of sulfonamides is 1. The number of likely N-dealkylation sites (N-methyl/N-ethyl adjacent to an activating group) is 1. The molecule has 3 aromatic rings. The lowest BCUT2D eigenvalue weighted by atomic mass is 10.1. The smallest absolute Gasteiger partial charge is 0.265 e. The van der Waals surface area contributed by atoms with Crippen molar-refractivity contribution in [3.05, 3.63) is 59.0 Å². The molecule has 0 unspecified atom stereocenters. The number of hydrogen-bond donors (Lipinski definition) is 1. The van der Waals surface area contributed by atoms with Crippen LogP contribution < -0.4 is 9.62 Å².